The minimum atomic E-state index is -0.738. The fraction of sp³-hybridized carbons (Fsp3) is 0.341. The predicted octanol–water partition coefficient (Wildman–Crippen LogP) is 9.27. The van der Waals surface area contributed by atoms with E-state index in [-0.39, 0.29) is 25.3 Å². The summed E-state index contributed by atoms with van der Waals surface area (Å²) in [6.45, 7) is 1.31. The highest BCUT2D eigenvalue weighted by molar-refractivity contribution is 7.98. The monoisotopic (exact) mass is 748 g/mol. The zero-order valence-corrected chi connectivity index (χ0v) is 32.0. The van der Waals surface area contributed by atoms with Gasteiger partial charge in [0.1, 0.15) is 19.3 Å². The van der Waals surface area contributed by atoms with Gasteiger partial charge >= 0.3 is 5.97 Å². The summed E-state index contributed by atoms with van der Waals surface area (Å²) >= 11 is 3.76. The Morgan fingerprint density at radius 2 is 1.51 bits per heavy atom. The normalized spacial score (nSPS) is 15.0. The van der Waals surface area contributed by atoms with Crippen molar-refractivity contribution in [1.82, 2.24) is 4.98 Å². The third-order valence-electron chi connectivity index (χ3n) is 9.09. The first-order valence-electron chi connectivity index (χ1n) is 18.3. The Kier molecular flexibility index (Phi) is 15.2. The molecule has 0 N–H and O–H groups in total. The second-order valence-electron chi connectivity index (χ2n) is 13.1. The molecule has 4 aromatic carbocycles. The van der Waals surface area contributed by atoms with Gasteiger partial charge in [0.25, 0.3) is 0 Å². The SMILES string of the molecule is CO[C@@H](COCc1ccc2ccccc2c1)COc1c2ncc(c1C=N[C@@H](Cc1ccccc1)C(=O)OCc1ccccc1)CSCCCCCSC2. The summed E-state index contributed by atoms with van der Waals surface area (Å²) in [5, 5.41) is 2.40. The van der Waals surface area contributed by atoms with Crippen LogP contribution in [0.4, 0.5) is 0 Å². The Hall–Kier alpha value is -4.15. The summed E-state index contributed by atoms with van der Waals surface area (Å²) in [4.78, 5) is 23.5. The lowest BCUT2D eigenvalue weighted by Gasteiger charge is -2.21. The quantitative estimate of drug-likeness (QED) is 0.0775. The number of hydrogen-bond acceptors (Lipinski definition) is 9. The van der Waals surface area contributed by atoms with Crippen molar-refractivity contribution in [2.75, 3.05) is 31.8 Å². The first kappa shape index (κ1) is 38.6. The lowest BCUT2D eigenvalue weighted by atomic mass is 10.1. The van der Waals surface area contributed by atoms with E-state index in [1.54, 1.807) is 7.11 Å². The number of carbonyl (C=O) groups is 1. The Balaban J connectivity index is 1.23. The second kappa shape index (κ2) is 20.9. The summed E-state index contributed by atoms with van der Waals surface area (Å²) in [7, 11) is 1.68. The van der Waals surface area contributed by atoms with Crippen molar-refractivity contribution in [2.24, 2.45) is 4.99 Å². The third kappa shape index (κ3) is 11.9. The van der Waals surface area contributed by atoms with Gasteiger partial charge < -0.3 is 18.9 Å². The summed E-state index contributed by atoms with van der Waals surface area (Å²) < 4.78 is 24.5. The van der Waals surface area contributed by atoms with E-state index in [1.165, 1.54) is 30.0 Å². The van der Waals surface area contributed by atoms with Gasteiger partial charge in [-0.05, 0) is 63.4 Å². The number of hydrogen-bond donors (Lipinski definition) is 0. The average Bonchev–Trinajstić information content (AvgIpc) is 3.23. The molecule has 53 heavy (non-hydrogen) atoms. The van der Waals surface area contributed by atoms with Crippen LogP contribution in [0.25, 0.3) is 10.8 Å². The van der Waals surface area contributed by atoms with Crippen molar-refractivity contribution >= 4 is 46.5 Å². The molecule has 1 aromatic heterocycles. The lowest BCUT2D eigenvalue weighted by molar-refractivity contribution is -0.146. The number of nitrogens with zero attached hydrogens (tertiary/aromatic N) is 2. The van der Waals surface area contributed by atoms with Gasteiger partial charge in [0.15, 0.2) is 11.8 Å². The van der Waals surface area contributed by atoms with E-state index in [0.717, 1.165) is 50.8 Å². The molecule has 6 rings (SSSR count). The standard InChI is InChI=1S/C44H48N2O5S2/c1-48-39(29-49-27-35-19-20-36-17-9-10-18-37(36)23-35)30-50-43-40(38-25-45-42(43)32-53-22-12-4-11-21-52-31-38)26-46-41(24-33-13-5-2-6-14-33)44(47)51-28-34-15-7-3-8-16-34/h2-3,5-10,13-20,23,25-26,39,41H,4,11-12,21-22,24,27-32H2,1H3/t39-,41-/m0/s1. The van der Waals surface area contributed by atoms with Crippen LogP contribution in [0.15, 0.2) is 114 Å². The predicted molar refractivity (Wildman–Crippen MR) is 218 cm³/mol. The molecule has 1 aliphatic rings. The molecule has 0 saturated heterocycles. The van der Waals surface area contributed by atoms with Crippen molar-refractivity contribution < 1.29 is 23.7 Å². The summed E-state index contributed by atoms with van der Waals surface area (Å²) in [6, 6.07) is 33.7. The molecule has 276 valence electrons. The number of pyridine rings is 1. The fourth-order valence-corrected chi connectivity index (χ4v) is 8.02. The first-order chi connectivity index (χ1) is 26.2. The number of benzene rings is 4. The molecule has 2 atom stereocenters. The Morgan fingerprint density at radius 3 is 2.28 bits per heavy atom. The van der Waals surface area contributed by atoms with Gasteiger partial charge in [0.05, 0.1) is 18.9 Å². The molecule has 0 radical (unpaired) electrons. The van der Waals surface area contributed by atoms with Crippen LogP contribution in [-0.4, -0.2) is 61.1 Å². The van der Waals surface area contributed by atoms with Crippen molar-refractivity contribution in [3.8, 4) is 5.75 Å². The molecular weight excluding hydrogens is 701 g/mol. The molecule has 0 spiro atoms. The number of aliphatic imine (C=N–C) groups is 1. The van der Waals surface area contributed by atoms with Crippen molar-refractivity contribution in [2.45, 2.75) is 62.5 Å². The molecule has 0 fully saturated rings. The zero-order valence-electron chi connectivity index (χ0n) is 30.4. The zero-order chi connectivity index (χ0) is 36.5. The maximum Gasteiger partial charge on any atom is 0.331 e. The van der Waals surface area contributed by atoms with E-state index >= 15 is 0 Å². The molecule has 9 heteroatoms. The number of methoxy groups -OCH3 is 1. The lowest BCUT2D eigenvalue weighted by Crippen LogP contribution is -2.27. The Morgan fingerprint density at radius 1 is 0.792 bits per heavy atom. The highest BCUT2D eigenvalue weighted by Gasteiger charge is 2.22. The first-order valence-corrected chi connectivity index (χ1v) is 20.6. The number of rotatable bonds is 15. The number of thioether (sulfide) groups is 2. The molecule has 2 heterocycles. The Labute approximate surface area is 321 Å². The van der Waals surface area contributed by atoms with E-state index < -0.39 is 6.04 Å². The van der Waals surface area contributed by atoms with Gasteiger partial charge in [-0.25, -0.2) is 4.79 Å². The van der Waals surface area contributed by atoms with Gasteiger partial charge in [0, 0.05) is 43.0 Å². The van der Waals surface area contributed by atoms with E-state index in [9.17, 15) is 4.79 Å². The molecule has 0 saturated carbocycles. The minimum absolute atomic E-state index is 0.189. The van der Waals surface area contributed by atoms with Gasteiger partial charge in [0.2, 0.25) is 0 Å². The molecule has 0 unspecified atom stereocenters. The summed E-state index contributed by atoms with van der Waals surface area (Å²) in [5.74, 6) is 3.93. The minimum Gasteiger partial charge on any atom is -0.488 e. The van der Waals surface area contributed by atoms with E-state index in [0.29, 0.717) is 31.1 Å². The molecule has 2 bridgehead atoms. The summed E-state index contributed by atoms with van der Waals surface area (Å²) in [5.41, 5.74) is 5.79. The van der Waals surface area contributed by atoms with Crippen LogP contribution in [0, 0.1) is 0 Å². The van der Waals surface area contributed by atoms with Gasteiger partial charge in [-0.15, -0.1) is 0 Å². The number of esters is 1. The van der Waals surface area contributed by atoms with Crippen LogP contribution in [0.3, 0.4) is 0 Å². The van der Waals surface area contributed by atoms with Crippen LogP contribution in [0.1, 0.15) is 52.8 Å². The van der Waals surface area contributed by atoms with Crippen LogP contribution in [0.2, 0.25) is 0 Å². The molecule has 0 aliphatic carbocycles. The third-order valence-corrected chi connectivity index (χ3v) is 11.2. The largest absolute Gasteiger partial charge is 0.488 e. The van der Waals surface area contributed by atoms with Crippen LogP contribution in [0.5, 0.6) is 5.75 Å². The number of carbonyl (C=O) groups excluding carboxylic acids is 1. The van der Waals surface area contributed by atoms with Crippen LogP contribution < -0.4 is 4.74 Å². The maximum atomic E-state index is 13.6. The molecule has 5 aromatic rings. The van der Waals surface area contributed by atoms with Gasteiger partial charge in [-0.1, -0.05) is 103 Å². The van der Waals surface area contributed by atoms with E-state index in [1.807, 2.05) is 109 Å². The maximum absolute atomic E-state index is 13.6. The smallest absolute Gasteiger partial charge is 0.331 e. The van der Waals surface area contributed by atoms with Crippen LogP contribution in [-0.2, 0) is 50.1 Å². The van der Waals surface area contributed by atoms with E-state index in [4.69, 9.17) is 28.9 Å². The van der Waals surface area contributed by atoms with Crippen molar-refractivity contribution in [3.63, 3.8) is 0 Å². The van der Waals surface area contributed by atoms with Gasteiger partial charge in [-0.2, -0.15) is 23.5 Å². The molecular formula is C44H48N2O5S2. The Bertz CT molecular complexity index is 1910. The van der Waals surface area contributed by atoms with Gasteiger partial charge in [-0.3, -0.25) is 9.98 Å². The van der Waals surface area contributed by atoms with Crippen LogP contribution >= 0.6 is 23.5 Å². The number of aromatic nitrogens is 1. The highest BCUT2D eigenvalue weighted by Crippen LogP contribution is 2.31. The second-order valence-corrected chi connectivity index (χ2v) is 15.3. The topological polar surface area (TPSA) is 79.2 Å². The fourth-order valence-electron chi connectivity index (χ4n) is 6.06. The van der Waals surface area contributed by atoms with E-state index in [2.05, 4.69) is 30.3 Å². The molecule has 7 nitrogen and oxygen atoms in total. The molecule has 1 aliphatic heterocycles. The van der Waals surface area contributed by atoms with Crippen molar-refractivity contribution in [3.05, 3.63) is 143 Å². The number of fused-ring (bicyclic) bond motifs is 4. The highest BCUT2D eigenvalue weighted by atomic mass is 32.2. The van der Waals surface area contributed by atoms with Crippen molar-refractivity contribution in [1.29, 1.82) is 0 Å². The molecule has 0 amide bonds. The summed E-state index contributed by atoms with van der Waals surface area (Å²) in [6.07, 6.45) is 7.46. The average molecular weight is 749 g/mol. The number of ether oxygens (including phenoxy) is 4.